The quantitative estimate of drug-likeness (QED) is 0.794. The van der Waals surface area contributed by atoms with E-state index >= 15 is 0 Å². The Bertz CT molecular complexity index is 648. The maximum atomic E-state index is 13.0. The van der Waals surface area contributed by atoms with Crippen molar-refractivity contribution in [3.63, 3.8) is 0 Å². The fourth-order valence-corrected chi connectivity index (χ4v) is 3.10. The molecule has 0 radical (unpaired) electrons. The van der Waals surface area contributed by atoms with Crippen molar-refractivity contribution in [2.45, 2.75) is 37.8 Å². The van der Waals surface area contributed by atoms with E-state index < -0.39 is 0 Å². The van der Waals surface area contributed by atoms with Gasteiger partial charge in [-0.25, -0.2) is 4.39 Å². The van der Waals surface area contributed by atoms with Crippen LogP contribution < -0.4 is 0 Å². The largest absolute Gasteiger partial charge is 0.212 e. The fourth-order valence-electron chi connectivity index (χ4n) is 2.24. The summed E-state index contributed by atoms with van der Waals surface area (Å²) in [4.78, 5) is 0. The van der Waals surface area contributed by atoms with Crippen LogP contribution in [0.5, 0.6) is 0 Å². The van der Waals surface area contributed by atoms with Gasteiger partial charge in [0.2, 0.25) is 5.16 Å². The predicted octanol–water partition coefficient (Wildman–Crippen LogP) is 3.51. The number of aromatic nitrogens is 3. The summed E-state index contributed by atoms with van der Waals surface area (Å²) in [5, 5.41) is 13.9. The van der Waals surface area contributed by atoms with E-state index in [9.17, 15) is 4.39 Å². The van der Waals surface area contributed by atoms with Crippen LogP contribution in [-0.4, -0.2) is 26.3 Å². The van der Waals surface area contributed by atoms with E-state index in [1.165, 1.54) is 25.0 Å². The third-order valence-electron chi connectivity index (χ3n) is 3.42. The third-order valence-corrected chi connectivity index (χ3v) is 4.35. The average Bonchev–Trinajstić information content (AvgIpc) is 2.91. The molecule has 0 atom stereocenters. The van der Waals surface area contributed by atoms with Gasteiger partial charge in [0.25, 0.3) is 0 Å². The SMILES string of the molecule is CCCCCc1nnc2n1N=C(c1ccc(F)cc1)CS2. The van der Waals surface area contributed by atoms with Crippen LogP contribution in [0.1, 0.15) is 37.6 Å². The van der Waals surface area contributed by atoms with Crippen molar-refractivity contribution in [2.75, 3.05) is 5.75 Å². The molecule has 1 aromatic carbocycles. The van der Waals surface area contributed by atoms with Gasteiger partial charge in [0, 0.05) is 12.2 Å². The Morgan fingerprint density at radius 1 is 1.19 bits per heavy atom. The molecule has 3 rings (SSSR count). The number of hydrogen-bond acceptors (Lipinski definition) is 4. The van der Waals surface area contributed by atoms with Crippen molar-refractivity contribution in [1.29, 1.82) is 0 Å². The summed E-state index contributed by atoms with van der Waals surface area (Å²) in [5.41, 5.74) is 1.88. The van der Waals surface area contributed by atoms with Gasteiger partial charge in [-0.1, -0.05) is 43.7 Å². The predicted molar refractivity (Wildman–Crippen MR) is 82.3 cm³/mol. The van der Waals surface area contributed by atoms with Crippen LogP contribution in [0.15, 0.2) is 34.5 Å². The van der Waals surface area contributed by atoms with E-state index in [1.54, 1.807) is 23.9 Å². The smallest absolute Gasteiger partial charge is 0.207 e. The van der Waals surface area contributed by atoms with Crippen molar-refractivity contribution >= 4 is 17.5 Å². The lowest BCUT2D eigenvalue weighted by Crippen LogP contribution is -2.14. The Hall–Kier alpha value is -1.69. The third kappa shape index (κ3) is 3.15. The standard InChI is InChI=1S/C15H17FN4S/c1-2-3-4-5-14-17-18-15-20(14)19-13(10-21-15)11-6-8-12(16)9-7-11/h6-9H,2-5,10H2,1H3. The molecule has 0 amide bonds. The first-order valence-corrected chi connectivity index (χ1v) is 8.17. The molecular formula is C15H17FN4S. The number of hydrogen-bond donors (Lipinski definition) is 0. The van der Waals surface area contributed by atoms with Gasteiger partial charge < -0.3 is 0 Å². The van der Waals surface area contributed by atoms with Crippen molar-refractivity contribution in [3.8, 4) is 0 Å². The van der Waals surface area contributed by atoms with Crippen molar-refractivity contribution < 1.29 is 4.39 Å². The van der Waals surface area contributed by atoms with E-state index in [0.717, 1.165) is 40.9 Å². The minimum atomic E-state index is -0.229. The molecule has 1 aromatic heterocycles. The first kappa shape index (κ1) is 14.3. The van der Waals surface area contributed by atoms with Gasteiger partial charge in [0.15, 0.2) is 5.82 Å². The maximum Gasteiger partial charge on any atom is 0.212 e. The van der Waals surface area contributed by atoms with Gasteiger partial charge in [-0.2, -0.15) is 9.78 Å². The first-order valence-electron chi connectivity index (χ1n) is 7.19. The van der Waals surface area contributed by atoms with Gasteiger partial charge in [0.1, 0.15) is 5.82 Å². The van der Waals surface area contributed by atoms with Crippen molar-refractivity contribution in [1.82, 2.24) is 14.9 Å². The first-order chi connectivity index (χ1) is 10.3. The highest BCUT2D eigenvalue weighted by atomic mass is 32.2. The summed E-state index contributed by atoms with van der Waals surface area (Å²) in [6.07, 6.45) is 4.35. The molecular weight excluding hydrogens is 287 g/mol. The molecule has 0 unspecified atom stereocenters. The van der Waals surface area contributed by atoms with Crippen LogP contribution >= 0.6 is 11.8 Å². The number of unbranched alkanes of at least 4 members (excludes halogenated alkanes) is 2. The molecule has 21 heavy (non-hydrogen) atoms. The van der Waals surface area contributed by atoms with E-state index in [1.807, 2.05) is 4.68 Å². The van der Waals surface area contributed by atoms with E-state index in [2.05, 4.69) is 22.2 Å². The molecule has 0 bridgehead atoms. The van der Waals surface area contributed by atoms with Gasteiger partial charge in [-0.15, -0.1) is 10.2 Å². The molecule has 0 fully saturated rings. The lowest BCUT2D eigenvalue weighted by molar-refractivity contribution is 0.627. The van der Waals surface area contributed by atoms with Crippen molar-refractivity contribution in [3.05, 3.63) is 41.5 Å². The number of benzene rings is 1. The van der Waals surface area contributed by atoms with E-state index in [0.29, 0.717) is 0 Å². The Morgan fingerprint density at radius 3 is 2.76 bits per heavy atom. The second-order valence-electron chi connectivity index (χ2n) is 5.01. The summed E-state index contributed by atoms with van der Waals surface area (Å²) >= 11 is 1.62. The van der Waals surface area contributed by atoms with Gasteiger partial charge in [-0.3, -0.25) is 0 Å². The van der Waals surface area contributed by atoms with Crippen LogP contribution in [0.2, 0.25) is 0 Å². The molecule has 0 N–H and O–H groups in total. The second-order valence-corrected chi connectivity index (χ2v) is 5.95. The minimum absolute atomic E-state index is 0.229. The Kier molecular flexibility index (Phi) is 4.34. The molecule has 2 heterocycles. The molecule has 4 nitrogen and oxygen atoms in total. The van der Waals surface area contributed by atoms with E-state index in [4.69, 9.17) is 0 Å². The highest BCUT2D eigenvalue weighted by molar-refractivity contribution is 7.99. The molecule has 0 spiro atoms. The fraction of sp³-hybridized carbons (Fsp3) is 0.400. The normalized spacial score (nSPS) is 13.9. The molecule has 6 heteroatoms. The number of nitrogens with zero attached hydrogens (tertiary/aromatic N) is 4. The van der Waals surface area contributed by atoms with Gasteiger partial charge >= 0.3 is 0 Å². The zero-order valence-corrected chi connectivity index (χ0v) is 12.7. The van der Waals surface area contributed by atoms with Gasteiger partial charge in [0.05, 0.1) is 5.71 Å². The molecule has 1 aliphatic rings. The Balaban J connectivity index is 1.85. The molecule has 2 aromatic rings. The molecule has 110 valence electrons. The maximum absolute atomic E-state index is 13.0. The average molecular weight is 304 g/mol. The summed E-state index contributed by atoms with van der Waals surface area (Å²) in [5.74, 6) is 1.41. The minimum Gasteiger partial charge on any atom is -0.207 e. The number of halogens is 1. The molecule has 0 aliphatic carbocycles. The monoisotopic (exact) mass is 304 g/mol. The molecule has 0 saturated carbocycles. The Labute approximate surface area is 127 Å². The molecule has 1 aliphatic heterocycles. The number of rotatable bonds is 5. The summed E-state index contributed by atoms with van der Waals surface area (Å²) in [6, 6.07) is 6.46. The lowest BCUT2D eigenvalue weighted by Gasteiger charge is -2.13. The van der Waals surface area contributed by atoms with Gasteiger partial charge in [-0.05, 0) is 24.1 Å². The second kappa shape index (κ2) is 6.39. The zero-order valence-electron chi connectivity index (χ0n) is 11.9. The number of fused-ring (bicyclic) bond motifs is 1. The highest BCUT2D eigenvalue weighted by Gasteiger charge is 2.19. The lowest BCUT2D eigenvalue weighted by atomic mass is 10.1. The van der Waals surface area contributed by atoms with Crippen LogP contribution in [0.25, 0.3) is 0 Å². The van der Waals surface area contributed by atoms with Crippen LogP contribution in [0, 0.1) is 5.82 Å². The van der Waals surface area contributed by atoms with E-state index in [-0.39, 0.29) is 5.82 Å². The molecule has 0 saturated heterocycles. The Morgan fingerprint density at radius 2 is 2.00 bits per heavy atom. The topological polar surface area (TPSA) is 43.1 Å². The van der Waals surface area contributed by atoms with Crippen molar-refractivity contribution in [2.24, 2.45) is 5.10 Å². The summed E-state index contributed by atoms with van der Waals surface area (Å²) < 4.78 is 14.8. The number of thioether (sulfide) groups is 1. The number of aryl methyl sites for hydroxylation is 1. The van der Waals surface area contributed by atoms with Crippen LogP contribution in [0.3, 0.4) is 0 Å². The zero-order chi connectivity index (χ0) is 14.7. The van der Waals surface area contributed by atoms with Crippen LogP contribution in [-0.2, 0) is 6.42 Å². The summed E-state index contributed by atoms with van der Waals surface area (Å²) in [6.45, 7) is 2.18. The van der Waals surface area contributed by atoms with Crippen LogP contribution in [0.4, 0.5) is 4.39 Å². The highest BCUT2D eigenvalue weighted by Crippen LogP contribution is 2.24. The summed E-state index contributed by atoms with van der Waals surface area (Å²) in [7, 11) is 0.